The molecule has 0 saturated heterocycles. The van der Waals surface area contributed by atoms with Gasteiger partial charge < -0.3 is 5.41 Å². The third kappa shape index (κ3) is 3.67. The van der Waals surface area contributed by atoms with Crippen molar-refractivity contribution in [1.82, 2.24) is 0 Å². The summed E-state index contributed by atoms with van der Waals surface area (Å²) >= 11 is 3.18. The van der Waals surface area contributed by atoms with Gasteiger partial charge in [0.1, 0.15) is 0 Å². The van der Waals surface area contributed by atoms with Gasteiger partial charge in [0.15, 0.2) is 0 Å². The maximum Gasteiger partial charge on any atom is 0.208 e. The van der Waals surface area contributed by atoms with Crippen LogP contribution in [0.5, 0.6) is 0 Å². The Morgan fingerprint density at radius 1 is 1.33 bits per heavy atom. The van der Waals surface area contributed by atoms with Crippen molar-refractivity contribution in [2.24, 2.45) is 0 Å². The number of rotatable bonds is 5. The highest BCUT2D eigenvalue weighted by Crippen LogP contribution is 2.22. The lowest BCUT2D eigenvalue weighted by Gasteiger charge is -2.08. The first-order chi connectivity index (χ1) is 8.52. The van der Waals surface area contributed by atoms with E-state index in [4.69, 9.17) is 5.41 Å². The van der Waals surface area contributed by atoms with Gasteiger partial charge in [-0.2, -0.15) is 0 Å². The topological polar surface area (TPSA) is 56.4 Å². The standard InChI is InChI=1S/C13H13BrNO2S/c1-11(9-14)7-8-13(10-15)18(16,17)12-5-3-2-4-6-12/h2-6,9H,7-8H2,1H3/q-1/b11-9-. The molecule has 0 bridgehead atoms. The molecule has 3 nitrogen and oxygen atoms in total. The number of allylic oxidation sites excluding steroid dienone is 2. The number of nitrogens with zero attached hydrogens (tertiary/aromatic N) is 1. The normalized spacial score (nSPS) is 12.0. The van der Waals surface area contributed by atoms with Crippen molar-refractivity contribution in [2.75, 3.05) is 0 Å². The van der Waals surface area contributed by atoms with Gasteiger partial charge in [-0.25, -0.2) is 8.42 Å². The van der Waals surface area contributed by atoms with Crippen molar-refractivity contribution < 1.29 is 8.42 Å². The van der Waals surface area contributed by atoms with E-state index in [1.165, 1.54) is 12.1 Å². The van der Waals surface area contributed by atoms with Crippen molar-refractivity contribution >= 4 is 31.6 Å². The van der Waals surface area contributed by atoms with Crippen LogP contribution in [0.1, 0.15) is 19.8 Å². The minimum atomic E-state index is -3.64. The summed E-state index contributed by atoms with van der Waals surface area (Å²) in [6.07, 6.45) is 0.766. The van der Waals surface area contributed by atoms with E-state index in [9.17, 15) is 8.42 Å². The summed E-state index contributed by atoms with van der Waals surface area (Å²) in [6.45, 7) is 1.87. The molecule has 0 aromatic heterocycles. The fourth-order valence-electron chi connectivity index (χ4n) is 1.36. The Hall–Kier alpha value is -1.16. The van der Waals surface area contributed by atoms with E-state index in [-0.39, 0.29) is 16.2 Å². The van der Waals surface area contributed by atoms with Gasteiger partial charge in [-0.1, -0.05) is 39.7 Å². The van der Waals surface area contributed by atoms with Crippen LogP contribution in [0.3, 0.4) is 0 Å². The quantitative estimate of drug-likeness (QED) is 0.775. The van der Waals surface area contributed by atoms with Crippen LogP contribution in [-0.4, -0.2) is 14.3 Å². The zero-order valence-electron chi connectivity index (χ0n) is 9.93. The van der Waals surface area contributed by atoms with Gasteiger partial charge in [-0.05, 0) is 36.9 Å². The van der Waals surface area contributed by atoms with Crippen LogP contribution in [0.2, 0.25) is 0 Å². The summed E-state index contributed by atoms with van der Waals surface area (Å²) < 4.78 is 24.3. The summed E-state index contributed by atoms with van der Waals surface area (Å²) in [5, 5.41) is 9.01. The maximum absolute atomic E-state index is 12.2. The lowest BCUT2D eigenvalue weighted by Crippen LogP contribution is -2.05. The van der Waals surface area contributed by atoms with Gasteiger partial charge >= 0.3 is 0 Å². The number of halogens is 1. The highest BCUT2D eigenvalue weighted by Gasteiger charge is 2.18. The smallest absolute Gasteiger partial charge is 0.208 e. The summed E-state index contributed by atoms with van der Waals surface area (Å²) in [5.41, 5.74) is 0.992. The zero-order valence-corrected chi connectivity index (χ0v) is 12.3. The summed E-state index contributed by atoms with van der Waals surface area (Å²) in [7, 11) is -3.64. The van der Waals surface area contributed by atoms with E-state index in [2.05, 4.69) is 15.9 Å². The van der Waals surface area contributed by atoms with Crippen LogP contribution in [-0.2, 0) is 9.84 Å². The molecule has 0 aliphatic carbocycles. The summed E-state index contributed by atoms with van der Waals surface area (Å²) in [6, 6.07) is 8.03. The third-order valence-corrected chi connectivity index (χ3v) is 5.05. The molecule has 0 unspecified atom stereocenters. The van der Waals surface area contributed by atoms with Crippen LogP contribution < -0.4 is 0 Å². The number of benzene rings is 1. The first-order valence-corrected chi connectivity index (χ1v) is 7.74. The second-order valence-corrected chi connectivity index (χ2v) is 6.24. The lowest BCUT2D eigenvalue weighted by atomic mass is 10.2. The van der Waals surface area contributed by atoms with Gasteiger partial charge in [-0.15, -0.1) is 0 Å². The molecule has 5 heteroatoms. The largest absolute Gasteiger partial charge is 0.762 e. The molecule has 0 fully saturated rings. The molecular weight excluding hydrogens is 314 g/mol. The molecular formula is C13H13BrNO2S-. The minimum absolute atomic E-state index is 0.0950. The van der Waals surface area contributed by atoms with E-state index in [0.717, 1.165) is 5.57 Å². The van der Waals surface area contributed by atoms with E-state index >= 15 is 0 Å². The third-order valence-electron chi connectivity index (χ3n) is 2.44. The van der Waals surface area contributed by atoms with Crippen molar-refractivity contribution in [3.8, 4) is 0 Å². The Bertz CT molecular complexity index is 585. The van der Waals surface area contributed by atoms with Crippen LogP contribution in [0.25, 0.3) is 5.41 Å². The molecule has 0 aliphatic rings. The molecule has 1 aromatic carbocycles. The Morgan fingerprint density at radius 2 is 1.94 bits per heavy atom. The van der Waals surface area contributed by atoms with Gasteiger partial charge in [0.25, 0.3) is 0 Å². The molecule has 18 heavy (non-hydrogen) atoms. The number of sulfone groups is 1. The molecule has 1 aromatic rings. The van der Waals surface area contributed by atoms with Crippen LogP contribution >= 0.6 is 15.9 Å². The highest BCUT2D eigenvalue weighted by molar-refractivity contribution is 9.11. The first kappa shape index (κ1) is 14.9. The predicted octanol–water partition coefficient (Wildman–Crippen LogP) is 3.66. The SMILES string of the molecule is C/C(=C/Br)CCC(=C=[N-])S(=O)(=O)c1ccccc1. The van der Waals surface area contributed by atoms with Gasteiger partial charge in [-0.3, -0.25) is 5.87 Å². The lowest BCUT2D eigenvalue weighted by molar-refractivity contribution is 0.600. The van der Waals surface area contributed by atoms with Crippen molar-refractivity contribution in [3.05, 3.63) is 51.2 Å². The average molecular weight is 327 g/mol. The van der Waals surface area contributed by atoms with Crippen molar-refractivity contribution in [3.63, 3.8) is 0 Å². The Labute approximate surface area is 116 Å². The van der Waals surface area contributed by atoms with E-state index < -0.39 is 9.84 Å². The second kappa shape index (κ2) is 6.69. The molecule has 0 N–H and O–H groups in total. The van der Waals surface area contributed by atoms with Crippen LogP contribution in [0.15, 0.2) is 50.7 Å². The number of hydrogen-bond acceptors (Lipinski definition) is 2. The zero-order chi connectivity index (χ0) is 13.6. The number of hydrogen-bond donors (Lipinski definition) is 0. The Kier molecular flexibility index (Phi) is 5.54. The molecule has 0 saturated carbocycles. The van der Waals surface area contributed by atoms with Crippen molar-refractivity contribution in [1.29, 1.82) is 0 Å². The molecule has 1 rings (SSSR count). The average Bonchev–Trinajstić information content (AvgIpc) is 2.39. The maximum atomic E-state index is 12.2. The molecule has 0 aliphatic heterocycles. The molecule has 96 valence electrons. The van der Waals surface area contributed by atoms with E-state index in [1.807, 2.05) is 6.92 Å². The van der Waals surface area contributed by atoms with E-state index in [1.54, 1.807) is 29.1 Å². The van der Waals surface area contributed by atoms with E-state index in [0.29, 0.717) is 6.42 Å². The fraction of sp³-hybridized carbons (Fsp3) is 0.231. The highest BCUT2D eigenvalue weighted by atomic mass is 79.9. The van der Waals surface area contributed by atoms with Crippen LogP contribution in [0.4, 0.5) is 0 Å². The second-order valence-electron chi connectivity index (χ2n) is 3.81. The predicted molar refractivity (Wildman–Crippen MR) is 77.4 cm³/mol. The molecule has 0 amide bonds. The van der Waals surface area contributed by atoms with Gasteiger partial charge in [0.2, 0.25) is 9.84 Å². The van der Waals surface area contributed by atoms with Gasteiger partial charge in [0, 0.05) is 0 Å². The minimum Gasteiger partial charge on any atom is -0.762 e. The Balaban J connectivity index is 3.00. The Morgan fingerprint density at radius 3 is 2.44 bits per heavy atom. The molecule has 0 spiro atoms. The molecule has 0 heterocycles. The molecule has 0 radical (unpaired) electrons. The molecule has 0 atom stereocenters. The van der Waals surface area contributed by atoms with Gasteiger partial charge in [0.05, 0.1) is 9.80 Å². The summed E-state index contributed by atoms with van der Waals surface area (Å²) in [5.74, 6) is 1.81. The monoisotopic (exact) mass is 326 g/mol. The summed E-state index contributed by atoms with van der Waals surface area (Å²) in [4.78, 5) is 1.81. The fourth-order valence-corrected chi connectivity index (χ4v) is 2.88. The van der Waals surface area contributed by atoms with Crippen molar-refractivity contribution in [2.45, 2.75) is 24.7 Å². The first-order valence-electron chi connectivity index (χ1n) is 5.34. The van der Waals surface area contributed by atoms with Crippen LogP contribution in [0, 0.1) is 0 Å².